The van der Waals surface area contributed by atoms with Crippen LogP contribution in [0.1, 0.15) is 21.9 Å². The van der Waals surface area contributed by atoms with Crippen LogP contribution in [0.3, 0.4) is 0 Å². The van der Waals surface area contributed by atoms with E-state index in [0.717, 1.165) is 4.90 Å². The first kappa shape index (κ1) is 22.4. The largest absolute Gasteiger partial charge is 0.493 e. The van der Waals surface area contributed by atoms with Crippen LogP contribution >= 0.6 is 0 Å². The molecule has 11 heteroatoms. The number of furan rings is 1. The number of methoxy groups -OCH3 is 3. The van der Waals surface area contributed by atoms with Gasteiger partial charge < -0.3 is 28.7 Å². The second-order valence-corrected chi connectivity index (χ2v) is 6.38. The summed E-state index contributed by atoms with van der Waals surface area (Å²) in [6.07, 6.45) is 1.40. The van der Waals surface area contributed by atoms with Gasteiger partial charge in [0.05, 0.1) is 27.9 Å². The van der Waals surface area contributed by atoms with Gasteiger partial charge in [0, 0.05) is 5.56 Å². The molecular weight excluding hydrogens is 424 g/mol. The molecule has 0 spiro atoms. The highest BCUT2D eigenvalue weighted by Gasteiger charge is 2.34. The highest BCUT2D eigenvalue weighted by atomic mass is 16.6. The molecule has 11 nitrogen and oxygen atoms in total. The number of benzene rings is 1. The summed E-state index contributed by atoms with van der Waals surface area (Å²) in [5.41, 5.74) is 0.371. The summed E-state index contributed by atoms with van der Waals surface area (Å²) in [7, 11) is 3.86. The van der Waals surface area contributed by atoms with Crippen molar-refractivity contribution in [1.29, 1.82) is 0 Å². The molecule has 0 radical (unpaired) electrons. The van der Waals surface area contributed by atoms with Crippen molar-refractivity contribution >= 4 is 30.0 Å². The van der Waals surface area contributed by atoms with E-state index in [-0.39, 0.29) is 36.1 Å². The number of carbonyl (C=O) groups is 4. The fourth-order valence-electron chi connectivity index (χ4n) is 2.85. The summed E-state index contributed by atoms with van der Waals surface area (Å²) in [6.45, 7) is -0.566. The Kier molecular flexibility index (Phi) is 6.78. The Bertz CT molecular complexity index is 1090. The molecule has 1 N–H and O–H groups in total. The van der Waals surface area contributed by atoms with Crippen molar-refractivity contribution in [1.82, 2.24) is 10.2 Å². The third-order valence-electron chi connectivity index (χ3n) is 4.42. The van der Waals surface area contributed by atoms with E-state index in [0.29, 0.717) is 11.3 Å². The third-order valence-corrected chi connectivity index (χ3v) is 4.42. The van der Waals surface area contributed by atoms with Gasteiger partial charge in [0.2, 0.25) is 5.76 Å². The molecule has 1 fully saturated rings. The first-order valence-electron chi connectivity index (χ1n) is 9.26. The lowest BCUT2D eigenvalue weighted by molar-refractivity contribution is -0.143. The van der Waals surface area contributed by atoms with Gasteiger partial charge in [-0.15, -0.1) is 0 Å². The Morgan fingerprint density at radius 2 is 1.88 bits per heavy atom. The number of urea groups is 1. The fraction of sp³-hybridized carbons (Fsp3) is 0.238. The summed E-state index contributed by atoms with van der Waals surface area (Å²) in [4.78, 5) is 49.0. The number of rotatable bonds is 8. The van der Waals surface area contributed by atoms with Crippen LogP contribution in [0.2, 0.25) is 0 Å². The van der Waals surface area contributed by atoms with Gasteiger partial charge in [0.15, 0.2) is 18.1 Å². The molecule has 1 aliphatic rings. The molecule has 1 saturated heterocycles. The highest BCUT2D eigenvalue weighted by Crippen LogP contribution is 2.33. The Balaban J connectivity index is 1.83. The van der Waals surface area contributed by atoms with Crippen LogP contribution in [-0.4, -0.2) is 56.7 Å². The minimum atomic E-state index is -0.674. The maximum Gasteiger partial charge on any atom is 0.373 e. The lowest BCUT2D eigenvalue weighted by atomic mass is 10.1. The molecule has 2 heterocycles. The van der Waals surface area contributed by atoms with Crippen LogP contribution < -0.4 is 14.8 Å². The second kappa shape index (κ2) is 9.69. The third kappa shape index (κ3) is 4.72. The van der Waals surface area contributed by atoms with Crippen molar-refractivity contribution in [2.75, 3.05) is 27.9 Å². The summed E-state index contributed by atoms with van der Waals surface area (Å²) in [5.74, 6) is -1.20. The number of hydrogen-bond acceptors (Lipinski definition) is 9. The number of para-hydroxylation sites is 1. The maximum atomic E-state index is 12.8. The monoisotopic (exact) mass is 444 g/mol. The van der Waals surface area contributed by atoms with Crippen LogP contribution in [0.4, 0.5) is 4.79 Å². The molecule has 0 bridgehead atoms. The molecule has 0 atom stereocenters. The standard InChI is InChI=1S/C21H20N2O9/c1-28-15-6-4-5-12(18(15)31-11-17(24)29-2)9-14-19(25)23(21(27)22-14)10-13-7-8-16(32-13)20(26)30-3/h4-9H,10-11H2,1-3H3,(H,22,27). The fourth-order valence-corrected chi connectivity index (χ4v) is 2.85. The van der Waals surface area contributed by atoms with E-state index >= 15 is 0 Å². The summed E-state index contributed by atoms with van der Waals surface area (Å²) in [6, 6.07) is 7.09. The van der Waals surface area contributed by atoms with Gasteiger partial charge in [-0.2, -0.15) is 0 Å². The smallest absolute Gasteiger partial charge is 0.373 e. The van der Waals surface area contributed by atoms with E-state index in [1.165, 1.54) is 39.5 Å². The topological polar surface area (TPSA) is 134 Å². The van der Waals surface area contributed by atoms with Gasteiger partial charge >= 0.3 is 18.0 Å². The van der Waals surface area contributed by atoms with E-state index in [2.05, 4.69) is 14.8 Å². The first-order valence-corrected chi connectivity index (χ1v) is 9.26. The van der Waals surface area contributed by atoms with E-state index < -0.39 is 23.9 Å². The lowest BCUT2D eigenvalue weighted by Gasteiger charge is -2.13. The molecule has 2 aromatic rings. The quantitative estimate of drug-likeness (QED) is 0.367. The summed E-state index contributed by atoms with van der Waals surface area (Å²) in [5, 5.41) is 2.48. The number of amides is 3. The van der Waals surface area contributed by atoms with Crippen molar-refractivity contribution in [2.24, 2.45) is 0 Å². The Morgan fingerprint density at radius 1 is 1.09 bits per heavy atom. The number of esters is 2. The SMILES string of the molecule is COC(=O)COc1c(C=C2NC(=O)N(Cc3ccc(C(=O)OC)o3)C2=O)cccc1OC. The zero-order chi connectivity index (χ0) is 23.3. The molecule has 1 aromatic heterocycles. The number of hydrogen-bond donors (Lipinski definition) is 1. The Morgan fingerprint density at radius 3 is 2.56 bits per heavy atom. The van der Waals surface area contributed by atoms with E-state index in [1.54, 1.807) is 18.2 Å². The molecule has 32 heavy (non-hydrogen) atoms. The zero-order valence-electron chi connectivity index (χ0n) is 17.5. The van der Waals surface area contributed by atoms with Gasteiger partial charge in [-0.25, -0.2) is 14.4 Å². The summed E-state index contributed by atoms with van der Waals surface area (Å²) >= 11 is 0. The molecule has 0 unspecified atom stereocenters. The number of carbonyl (C=O) groups excluding carboxylic acids is 4. The summed E-state index contributed by atoms with van der Waals surface area (Å²) < 4.78 is 25.2. The van der Waals surface area contributed by atoms with Crippen molar-refractivity contribution in [3.8, 4) is 11.5 Å². The number of ether oxygens (including phenoxy) is 4. The second-order valence-electron chi connectivity index (χ2n) is 6.38. The van der Waals surface area contributed by atoms with E-state index in [9.17, 15) is 19.2 Å². The predicted molar refractivity (Wildman–Crippen MR) is 108 cm³/mol. The van der Waals surface area contributed by atoms with Gasteiger partial charge in [-0.3, -0.25) is 9.69 Å². The molecule has 1 aromatic carbocycles. The molecule has 0 aliphatic carbocycles. The van der Waals surface area contributed by atoms with Crippen LogP contribution in [0.5, 0.6) is 11.5 Å². The van der Waals surface area contributed by atoms with Gasteiger partial charge in [0.1, 0.15) is 11.5 Å². The molecule has 3 amide bonds. The first-order chi connectivity index (χ1) is 15.4. The van der Waals surface area contributed by atoms with Crippen LogP contribution in [-0.2, 0) is 25.6 Å². The molecule has 3 rings (SSSR count). The van der Waals surface area contributed by atoms with Gasteiger partial charge in [0.25, 0.3) is 5.91 Å². The van der Waals surface area contributed by atoms with E-state index in [1.807, 2.05) is 0 Å². The minimum Gasteiger partial charge on any atom is -0.493 e. The highest BCUT2D eigenvalue weighted by molar-refractivity contribution is 6.14. The minimum absolute atomic E-state index is 0.0223. The molecule has 0 saturated carbocycles. The van der Waals surface area contributed by atoms with Crippen molar-refractivity contribution in [2.45, 2.75) is 6.54 Å². The van der Waals surface area contributed by atoms with Crippen LogP contribution in [0, 0.1) is 0 Å². The maximum absolute atomic E-state index is 12.8. The molecular formula is C21H20N2O9. The van der Waals surface area contributed by atoms with Gasteiger partial charge in [-0.1, -0.05) is 12.1 Å². The molecule has 1 aliphatic heterocycles. The Labute approximate surface area is 182 Å². The van der Waals surface area contributed by atoms with E-state index in [4.69, 9.17) is 13.9 Å². The van der Waals surface area contributed by atoms with Crippen LogP contribution in [0.25, 0.3) is 6.08 Å². The predicted octanol–water partition coefficient (Wildman–Crippen LogP) is 1.72. The van der Waals surface area contributed by atoms with Crippen molar-refractivity contribution in [3.63, 3.8) is 0 Å². The number of nitrogens with zero attached hydrogens (tertiary/aromatic N) is 1. The van der Waals surface area contributed by atoms with Crippen LogP contribution in [0.15, 0.2) is 40.4 Å². The average Bonchev–Trinajstić information content (AvgIpc) is 3.37. The zero-order valence-corrected chi connectivity index (χ0v) is 17.5. The van der Waals surface area contributed by atoms with Crippen molar-refractivity contribution < 1.29 is 42.5 Å². The number of imide groups is 1. The van der Waals surface area contributed by atoms with Gasteiger partial charge in [-0.05, 0) is 24.3 Å². The average molecular weight is 444 g/mol. The normalized spacial score (nSPS) is 14.3. The van der Waals surface area contributed by atoms with Crippen molar-refractivity contribution in [3.05, 3.63) is 53.1 Å². The Hall–Kier alpha value is -4.28. The lowest BCUT2D eigenvalue weighted by Crippen LogP contribution is -2.30. The number of nitrogens with one attached hydrogen (secondary N) is 1. The molecule has 168 valence electrons.